The van der Waals surface area contributed by atoms with E-state index >= 15 is 0 Å². The second-order valence-electron chi connectivity index (χ2n) is 9.83. The summed E-state index contributed by atoms with van der Waals surface area (Å²) in [5.74, 6) is 0.396. The van der Waals surface area contributed by atoms with Crippen molar-refractivity contribution in [2.24, 2.45) is 0 Å². The van der Waals surface area contributed by atoms with Crippen LogP contribution < -0.4 is 10.6 Å². The van der Waals surface area contributed by atoms with Crippen LogP contribution in [0.1, 0.15) is 45.7 Å². The van der Waals surface area contributed by atoms with Crippen LogP contribution in [0.4, 0.5) is 5.13 Å². The summed E-state index contributed by atoms with van der Waals surface area (Å²) < 4.78 is 0.940. The molecule has 3 amide bonds. The van der Waals surface area contributed by atoms with E-state index in [0.717, 1.165) is 15.3 Å². The number of rotatable bonds is 11. The molecule has 2 aromatic carbocycles. The molecule has 218 valence electrons. The number of carbonyl (C=O) groups is 3. The maximum atomic E-state index is 13.0. The number of amides is 3. The van der Waals surface area contributed by atoms with Crippen molar-refractivity contribution in [1.82, 2.24) is 20.1 Å². The molecule has 3 aromatic rings. The van der Waals surface area contributed by atoms with Gasteiger partial charge in [-0.1, -0.05) is 35.6 Å². The number of nitrogens with zero attached hydrogens (tertiary/aromatic N) is 3. The number of aromatic nitrogens is 1. The first-order valence-electron chi connectivity index (χ1n) is 13.4. The number of thioether (sulfide) groups is 1. The van der Waals surface area contributed by atoms with Crippen LogP contribution in [0.25, 0.3) is 0 Å². The minimum Gasteiger partial charge on any atom is -0.395 e. The summed E-state index contributed by atoms with van der Waals surface area (Å²) in [6.07, 6.45) is 1.05. The normalized spacial score (nSPS) is 14.9. The van der Waals surface area contributed by atoms with E-state index in [-0.39, 0.29) is 24.3 Å². The average Bonchev–Trinajstić information content (AvgIpc) is 3.43. The highest BCUT2D eigenvalue weighted by atomic mass is 32.2. The molecule has 41 heavy (non-hydrogen) atoms. The lowest BCUT2D eigenvalue weighted by Gasteiger charge is -2.34. The van der Waals surface area contributed by atoms with Gasteiger partial charge in [-0.15, -0.1) is 11.8 Å². The Bertz CT molecular complexity index is 1340. The number of benzene rings is 2. The standard InChI is InChI=1S/C29H35N5O5S2/c1-19(36)25(17-35)30-15-21-6-8-23(9-7-21)27(38)32-29-31-16-26(41-29)40-18-22-4-3-5-24(14-22)28(39)34-12-10-33(11-13-34)20(2)37/h3-9,14,16,19,25,30,35-36H,10-13,15,17-18H2,1-2H3,(H,31,32,38)/t19-,25-/m1/s1. The molecule has 0 bridgehead atoms. The molecule has 2 heterocycles. The highest BCUT2D eigenvalue weighted by molar-refractivity contribution is 8.00. The molecule has 1 aliphatic heterocycles. The Balaban J connectivity index is 1.26. The number of anilines is 1. The fraction of sp³-hybridized carbons (Fsp3) is 0.379. The van der Waals surface area contributed by atoms with Gasteiger partial charge in [-0.05, 0) is 42.3 Å². The highest BCUT2D eigenvalue weighted by Gasteiger charge is 2.23. The van der Waals surface area contributed by atoms with Crippen molar-refractivity contribution in [2.75, 3.05) is 38.1 Å². The SMILES string of the molecule is CC(=O)N1CCN(C(=O)c2cccc(CSc3cnc(NC(=O)c4ccc(CN[C@H](CO)[C@@H](C)O)cc4)s3)c2)CC1. The van der Waals surface area contributed by atoms with Crippen molar-refractivity contribution in [3.8, 4) is 0 Å². The molecule has 0 unspecified atom stereocenters. The maximum Gasteiger partial charge on any atom is 0.257 e. The van der Waals surface area contributed by atoms with Gasteiger partial charge in [0, 0.05) is 56.5 Å². The highest BCUT2D eigenvalue weighted by Crippen LogP contribution is 2.31. The Morgan fingerprint density at radius 2 is 1.73 bits per heavy atom. The lowest BCUT2D eigenvalue weighted by molar-refractivity contribution is -0.130. The van der Waals surface area contributed by atoms with Crippen LogP contribution in [0.5, 0.6) is 0 Å². The molecular formula is C29H35N5O5S2. The van der Waals surface area contributed by atoms with Crippen LogP contribution in [0, 0.1) is 0 Å². The lowest BCUT2D eigenvalue weighted by Crippen LogP contribution is -2.50. The Hall–Kier alpha value is -3.29. The summed E-state index contributed by atoms with van der Waals surface area (Å²) in [6.45, 7) is 5.63. The summed E-state index contributed by atoms with van der Waals surface area (Å²) in [6, 6.07) is 14.3. The molecule has 0 saturated carbocycles. The van der Waals surface area contributed by atoms with Gasteiger partial charge in [-0.2, -0.15) is 0 Å². The van der Waals surface area contributed by atoms with Crippen LogP contribution in [0.2, 0.25) is 0 Å². The molecule has 1 aromatic heterocycles. The van der Waals surface area contributed by atoms with Gasteiger partial charge in [0.05, 0.1) is 29.2 Å². The van der Waals surface area contributed by atoms with Crippen LogP contribution in [0.3, 0.4) is 0 Å². The van der Waals surface area contributed by atoms with E-state index in [1.54, 1.807) is 53.7 Å². The fourth-order valence-electron chi connectivity index (χ4n) is 4.32. The summed E-state index contributed by atoms with van der Waals surface area (Å²) in [7, 11) is 0. The summed E-state index contributed by atoms with van der Waals surface area (Å²) in [5.41, 5.74) is 3.07. The Morgan fingerprint density at radius 3 is 2.39 bits per heavy atom. The molecule has 0 aliphatic carbocycles. The second kappa shape index (κ2) is 14.6. The molecule has 1 aliphatic rings. The minimum absolute atomic E-state index is 0.0266. The molecule has 0 spiro atoms. The zero-order valence-electron chi connectivity index (χ0n) is 23.1. The summed E-state index contributed by atoms with van der Waals surface area (Å²) in [5, 5.41) is 25.4. The van der Waals surface area contributed by atoms with E-state index in [9.17, 15) is 24.6 Å². The smallest absolute Gasteiger partial charge is 0.257 e. The van der Waals surface area contributed by atoms with Crippen molar-refractivity contribution in [3.05, 3.63) is 77.0 Å². The molecule has 12 heteroatoms. The first-order chi connectivity index (χ1) is 19.7. The molecule has 10 nitrogen and oxygen atoms in total. The molecule has 4 N–H and O–H groups in total. The van der Waals surface area contributed by atoms with Crippen molar-refractivity contribution in [2.45, 2.75) is 42.5 Å². The Kier molecular flexibility index (Phi) is 10.9. The van der Waals surface area contributed by atoms with Gasteiger partial charge >= 0.3 is 0 Å². The number of hydrogen-bond acceptors (Lipinski definition) is 9. The van der Waals surface area contributed by atoms with E-state index in [0.29, 0.717) is 54.7 Å². The number of aliphatic hydroxyl groups excluding tert-OH is 2. The average molecular weight is 598 g/mol. The van der Waals surface area contributed by atoms with Crippen molar-refractivity contribution in [1.29, 1.82) is 0 Å². The van der Waals surface area contributed by atoms with E-state index in [2.05, 4.69) is 15.6 Å². The zero-order valence-corrected chi connectivity index (χ0v) is 24.7. The number of aliphatic hydroxyl groups is 2. The topological polar surface area (TPSA) is 135 Å². The summed E-state index contributed by atoms with van der Waals surface area (Å²) in [4.78, 5) is 45.1. The minimum atomic E-state index is -0.674. The number of nitrogens with one attached hydrogen (secondary N) is 2. The fourth-order valence-corrected chi connectivity index (χ4v) is 6.13. The van der Waals surface area contributed by atoms with Gasteiger partial charge in [0.2, 0.25) is 5.91 Å². The van der Waals surface area contributed by atoms with E-state index in [1.807, 2.05) is 36.4 Å². The first-order valence-corrected chi connectivity index (χ1v) is 15.2. The van der Waals surface area contributed by atoms with Crippen LogP contribution in [-0.2, 0) is 17.1 Å². The van der Waals surface area contributed by atoms with Gasteiger partial charge in [0.25, 0.3) is 11.8 Å². The molecule has 1 fully saturated rings. The second-order valence-corrected chi connectivity index (χ2v) is 12.1. The lowest BCUT2D eigenvalue weighted by atomic mass is 10.1. The maximum absolute atomic E-state index is 13.0. The number of thiazole rings is 1. The molecule has 4 rings (SSSR count). The van der Waals surface area contributed by atoms with Crippen molar-refractivity contribution >= 4 is 46.0 Å². The molecule has 2 atom stereocenters. The van der Waals surface area contributed by atoms with Crippen molar-refractivity contribution in [3.63, 3.8) is 0 Å². The zero-order chi connectivity index (χ0) is 29.4. The first kappa shape index (κ1) is 30.7. The third kappa shape index (κ3) is 8.60. The summed E-state index contributed by atoms with van der Waals surface area (Å²) >= 11 is 2.97. The van der Waals surface area contributed by atoms with E-state index < -0.39 is 12.1 Å². The largest absolute Gasteiger partial charge is 0.395 e. The van der Waals surface area contributed by atoms with Crippen molar-refractivity contribution < 1.29 is 24.6 Å². The van der Waals surface area contributed by atoms with E-state index in [1.165, 1.54) is 11.3 Å². The van der Waals surface area contributed by atoms with Gasteiger partial charge in [0.1, 0.15) is 0 Å². The van der Waals surface area contributed by atoms with Gasteiger partial charge in [-0.3, -0.25) is 19.7 Å². The van der Waals surface area contributed by atoms with E-state index in [4.69, 9.17) is 0 Å². The number of hydrogen-bond donors (Lipinski definition) is 4. The number of carbonyl (C=O) groups excluding carboxylic acids is 3. The molecule has 1 saturated heterocycles. The third-order valence-corrected chi connectivity index (χ3v) is 9.01. The van der Waals surface area contributed by atoms with Crippen LogP contribution in [0.15, 0.2) is 58.9 Å². The Labute approximate surface area is 247 Å². The monoisotopic (exact) mass is 597 g/mol. The number of piperazine rings is 1. The molecular weight excluding hydrogens is 562 g/mol. The predicted molar refractivity (Wildman–Crippen MR) is 160 cm³/mol. The third-order valence-electron chi connectivity index (χ3n) is 6.84. The van der Waals surface area contributed by atoms with Gasteiger partial charge in [-0.25, -0.2) is 4.98 Å². The van der Waals surface area contributed by atoms with Gasteiger partial charge in [0.15, 0.2) is 5.13 Å². The molecule has 0 radical (unpaired) electrons. The van der Waals surface area contributed by atoms with Gasteiger partial charge < -0.3 is 25.3 Å². The predicted octanol–water partition coefficient (Wildman–Crippen LogP) is 2.82. The Morgan fingerprint density at radius 1 is 1.02 bits per heavy atom. The quantitative estimate of drug-likeness (QED) is 0.248. The van der Waals surface area contributed by atoms with Crippen LogP contribution >= 0.6 is 23.1 Å². The van der Waals surface area contributed by atoms with Crippen LogP contribution in [-0.4, -0.2) is 87.7 Å².